The number of carbonyl (C=O) groups is 3. The molecule has 0 bridgehead atoms. The SMILES string of the molecule is O=C1[C@H](Cc2ccc(O)cc2)N2C(=O)CN(Cc3cc(Br)no3)N(C(=O)NCc3ccccc3)[C@H]2CN1Cc1cccc2ncccc12. The topological polar surface area (TPSA) is 135 Å². The molecule has 48 heavy (non-hydrogen) atoms. The maximum absolute atomic E-state index is 14.4. The van der Waals surface area contributed by atoms with Gasteiger partial charge in [0.05, 0.1) is 25.2 Å². The van der Waals surface area contributed by atoms with Gasteiger partial charge in [-0.05, 0) is 56.9 Å². The summed E-state index contributed by atoms with van der Waals surface area (Å²) in [5, 5.41) is 20.9. The molecule has 0 spiro atoms. The molecule has 4 amide bonds. The third kappa shape index (κ3) is 6.46. The van der Waals surface area contributed by atoms with Crippen LogP contribution in [0, 0.1) is 0 Å². The Bertz CT molecular complexity index is 1950. The number of rotatable bonds is 8. The zero-order valence-corrected chi connectivity index (χ0v) is 27.4. The van der Waals surface area contributed by atoms with E-state index >= 15 is 0 Å². The number of phenolic OH excluding ortho intramolecular Hbond substituents is 1. The van der Waals surface area contributed by atoms with E-state index in [0.29, 0.717) is 10.4 Å². The van der Waals surface area contributed by atoms with E-state index in [1.807, 2.05) is 60.7 Å². The number of aromatic hydroxyl groups is 1. The summed E-state index contributed by atoms with van der Waals surface area (Å²) in [4.78, 5) is 50.4. The van der Waals surface area contributed by atoms with Gasteiger partial charge in [0.1, 0.15) is 22.6 Å². The Kier molecular flexibility index (Phi) is 8.78. The first-order valence-corrected chi connectivity index (χ1v) is 16.3. The predicted octanol–water partition coefficient (Wildman–Crippen LogP) is 4.44. The van der Waals surface area contributed by atoms with Crippen molar-refractivity contribution in [1.82, 2.24) is 35.3 Å². The van der Waals surface area contributed by atoms with Crippen molar-refractivity contribution >= 4 is 44.7 Å². The van der Waals surface area contributed by atoms with Crippen LogP contribution in [0.5, 0.6) is 5.75 Å². The number of hydrogen-bond acceptors (Lipinski definition) is 8. The van der Waals surface area contributed by atoms with Gasteiger partial charge < -0.3 is 24.7 Å². The van der Waals surface area contributed by atoms with Gasteiger partial charge in [0.25, 0.3) is 0 Å². The zero-order valence-electron chi connectivity index (χ0n) is 25.8. The molecule has 2 N–H and O–H groups in total. The fraction of sp³-hybridized carbons (Fsp3) is 0.229. The molecule has 0 aliphatic carbocycles. The second-order valence-corrected chi connectivity index (χ2v) is 12.6. The molecule has 3 aromatic carbocycles. The molecular formula is C35H32BrN7O5. The molecule has 2 saturated heterocycles. The molecule has 7 rings (SSSR count). The summed E-state index contributed by atoms with van der Waals surface area (Å²) in [7, 11) is 0. The highest BCUT2D eigenvalue weighted by atomic mass is 79.9. The van der Waals surface area contributed by atoms with Crippen molar-refractivity contribution in [3.8, 4) is 5.75 Å². The molecule has 13 heteroatoms. The molecule has 2 fully saturated rings. The van der Waals surface area contributed by atoms with Crippen LogP contribution >= 0.6 is 15.9 Å². The summed E-state index contributed by atoms with van der Waals surface area (Å²) >= 11 is 3.31. The number of amides is 4. The third-order valence-electron chi connectivity index (χ3n) is 8.66. The highest BCUT2D eigenvalue weighted by molar-refractivity contribution is 9.10. The maximum atomic E-state index is 14.4. The Morgan fingerprint density at radius 1 is 0.958 bits per heavy atom. The Morgan fingerprint density at radius 2 is 1.77 bits per heavy atom. The number of aromatic nitrogens is 2. The van der Waals surface area contributed by atoms with Crippen LogP contribution in [0.4, 0.5) is 4.79 Å². The van der Waals surface area contributed by atoms with Crippen molar-refractivity contribution in [3.63, 3.8) is 0 Å². The van der Waals surface area contributed by atoms with Gasteiger partial charge in [0.15, 0.2) is 5.76 Å². The van der Waals surface area contributed by atoms with Crippen LogP contribution in [-0.2, 0) is 35.6 Å². The Balaban J connectivity index is 1.27. The highest BCUT2D eigenvalue weighted by Gasteiger charge is 2.51. The number of urea groups is 1. The van der Waals surface area contributed by atoms with Crippen molar-refractivity contribution in [2.75, 3.05) is 13.1 Å². The first-order valence-electron chi connectivity index (χ1n) is 15.5. The number of nitrogens with one attached hydrogen (secondary N) is 1. The number of hydrazine groups is 1. The summed E-state index contributed by atoms with van der Waals surface area (Å²) in [6.07, 6.45) is 1.09. The minimum Gasteiger partial charge on any atom is -0.508 e. The monoisotopic (exact) mass is 709 g/mol. The number of halogens is 1. The average Bonchev–Trinajstić information content (AvgIpc) is 3.51. The number of benzene rings is 3. The molecule has 2 atom stereocenters. The molecule has 244 valence electrons. The smallest absolute Gasteiger partial charge is 0.334 e. The Morgan fingerprint density at radius 3 is 2.54 bits per heavy atom. The first kappa shape index (κ1) is 31.3. The van der Waals surface area contributed by atoms with E-state index in [0.717, 1.165) is 27.6 Å². The van der Waals surface area contributed by atoms with Gasteiger partial charge in [0, 0.05) is 37.2 Å². The van der Waals surface area contributed by atoms with Crippen molar-refractivity contribution in [2.45, 2.75) is 38.3 Å². The molecule has 0 radical (unpaired) electrons. The van der Waals surface area contributed by atoms with E-state index in [-0.39, 0.29) is 56.7 Å². The number of hydrogen-bond donors (Lipinski definition) is 2. The minimum absolute atomic E-state index is 0.0721. The second kappa shape index (κ2) is 13.5. The summed E-state index contributed by atoms with van der Waals surface area (Å²) < 4.78 is 5.95. The van der Waals surface area contributed by atoms with E-state index < -0.39 is 18.2 Å². The van der Waals surface area contributed by atoms with E-state index in [9.17, 15) is 19.5 Å². The largest absolute Gasteiger partial charge is 0.508 e. The summed E-state index contributed by atoms with van der Waals surface area (Å²) in [6, 6.07) is 26.1. The van der Waals surface area contributed by atoms with E-state index in [1.54, 1.807) is 51.3 Å². The van der Waals surface area contributed by atoms with Gasteiger partial charge in [-0.25, -0.2) is 9.80 Å². The predicted molar refractivity (Wildman–Crippen MR) is 179 cm³/mol. The van der Waals surface area contributed by atoms with Crippen molar-refractivity contribution in [2.24, 2.45) is 0 Å². The van der Waals surface area contributed by atoms with Crippen molar-refractivity contribution in [3.05, 3.63) is 124 Å². The quantitative estimate of drug-likeness (QED) is 0.242. The van der Waals surface area contributed by atoms with Gasteiger partial charge in [-0.2, -0.15) is 5.01 Å². The molecule has 12 nitrogen and oxygen atoms in total. The van der Waals surface area contributed by atoms with Crippen LogP contribution in [0.2, 0.25) is 0 Å². The van der Waals surface area contributed by atoms with Crippen molar-refractivity contribution in [1.29, 1.82) is 0 Å². The van der Waals surface area contributed by atoms with Gasteiger partial charge in [-0.1, -0.05) is 65.8 Å². The molecule has 2 aliphatic rings. The van der Waals surface area contributed by atoms with Gasteiger partial charge in [0.2, 0.25) is 11.8 Å². The minimum atomic E-state index is -0.903. The third-order valence-corrected chi connectivity index (χ3v) is 9.03. The number of phenols is 1. The molecule has 5 aromatic rings. The van der Waals surface area contributed by atoms with Gasteiger partial charge in [-0.3, -0.25) is 14.6 Å². The van der Waals surface area contributed by atoms with Crippen LogP contribution in [0.3, 0.4) is 0 Å². The average molecular weight is 711 g/mol. The number of nitrogens with zero attached hydrogens (tertiary/aromatic N) is 6. The highest BCUT2D eigenvalue weighted by Crippen LogP contribution is 2.31. The normalized spacial score (nSPS) is 18.3. The molecular weight excluding hydrogens is 678 g/mol. The lowest BCUT2D eigenvalue weighted by Crippen LogP contribution is -2.76. The lowest BCUT2D eigenvalue weighted by Gasteiger charge is -2.55. The first-order chi connectivity index (χ1) is 23.3. The van der Waals surface area contributed by atoms with Crippen LogP contribution in [0.25, 0.3) is 10.9 Å². The van der Waals surface area contributed by atoms with Crippen LogP contribution in [0.15, 0.2) is 106 Å². The molecule has 0 saturated carbocycles. The number of fused-ring (bicyclic) bond motifs is 2. The van der Waals surface area contributed by atoms with E-state index in [2.05, 4.69) is 31.4 Å². The summed E-state index contributed by atoms with van der Waals surface area (Å²) in [5.74, 6) is 0.0297. The second-order valence-electron chi connectivity index (χ2n) is 11.8. The fourth-order valence-electron chi connectivity index (χ4n) is 6.44. The van der Waals surface area contributed by atoms with E-state index in [4.69, 9.17) is 4.52 Å². The molecule has 0 unspecified atom stereocenters. The Hall–Kier alpha value is -5.27. The standard InChI is InChI=1S/C35H32BrN7O5/c36-31-17-27(48-39-31)20-41-22-33(45)42-30(16-23-11-13-26(44)14-12-23)34(46)40(19-25-8-4-10-29-28(25)9-5-15-37-29)21-32(42)43(41)35(47)38-18-24-6-2-1-3-7-24/h1-15,17,30,32,44H,16,18-22H2,(H,38,47)/t30-,32-/m0/s1. The Labute approximate surface area is 284 Å². The zero-order chi connectivity index (χ0) is 33.2. The molecule has 4 heterocycles. The van der Waals surface area contributed by atoms with Crippen LogP contribution in [0.1, 0.15) is 22.5 Å². The maximum Gasteiger partial charge on any atom is 0.334 e. The number of piperazine rings is 1. The molecule has 2 aliphatic heterocycles. The van der Waals surface area contributed by atoms with Crippen LogP contribution in [-0.4, -0.2) is 78.2 Å². The summed E-state index contributed by atoms with van der Waals surface area (Å²) in [5.41, 5.74) is 3.39. The van der Waals surface area contributed by atoms with E-state index in [1.165, 1.54) is 5.01 Å². The lowest BCUT2D eigenvalue weighted by molar-refractivity contribution is -0.193. The van der Waals surface area contributed by atoms with Gasteiger partial charge >= 0.3 is 6.03 Å². The van der Waals surface area contributed by atoms with Crippen molar-refractivity contribution < 1.29 is 24.0 Å². The number of pyridine rings is 1. The summed E-state index contributed by atoms with van der Waals surface area (Å²) in [6.45, 7) is 0.520. The van der Waals surface area contributed by atoms with Crippen LogP contribution < -0.4 is 5.32 Å². The number of carbonyl (C=O) groups excluding carboxylic acids is 3. The fourth-order valence-corrected chi connectivity index (χ4v) is 6.76. The van der Waals surface area contributed by atoms with Gasteiger partial charge in [-0.15, -0.1) is 0 Å². The lowest BCUT2D eigenvalue weighted by atomic mass is 9.98. The molecule has 2 aromatic heterocycles.